The summed E-state index contributed by atoms with van der Waals surface area (Å²) < 4.78 is 8.46. The zero-order chi connectivity index (χ0) is 20.3. The lowest BCUT2D eigenvalue weighted by molar-refractivity contribution is -0.115. The molecule has 8 heteroatoms. The molecular formula is C20H23N5O3. The van der Waals surface area contributed by atoms with Gasteiger partial charge < -0.3 is 10.1 Å². The molecule has 3 aromatic rings. The quantitative estimate of drug-likeness (QED) is 0.708. The molecule has 0 unspecified atom stereocenters. The van der Waals surface area contributed by atoms with E-state index in [1.807, 2.05) is 57.2 Å². The van der Waals surface area contributed by atoms with Crippen LogP contribution in [0.25, 0.3) is 5.69 Å². The Balaban J connectivity index is 1.85. The Labute approximate surface area is 162 Å². The molecule has 1 amide bonds. The van der Waals surface area contributed by atoms with E-state index in [9.17, 15) is 9.59 Å². The third kappa shape index (κ3) is 3.95. The van der Waals surface area contributed by atoms with Gasteiger partial charge in [0.25, 0.3) is 0 Å². The van der Waals surface area contributed by atoms with Crippen LogP contribution in [0.4, 0.5) is 5.69 Å². The second-order valence-corrected chi connectivity index (χ2v) is 6.54. The number of ether oxygens (including phenoxy) is 1. The summed E-state index contributed by atoms with van der Waals surface area (Å²) in [4.78, 5) is 23.8. The molecule has 0 atom stereocenters. The first-order valence-electron chi connectivity index (χ1n) is 9.02. The molecule has 0 saturated heterocycles. The maximum atomic E-state index is 12.2. The van der Waals surface area contributed by atoms with Crippen LogP contribution in [0.2, 0.25) is 0 Å². The minimum Gasteiger partial charge on any atom is -0.489 e. The molecule has 0 bridgehead atoms. The number of aromatic nitrogens is 4. The topological polar surface area (TPSA) is 91.0 Å². The molecule has 0 spiro atoms. The molecule has 0 aliphatic rings. The lowest BCUT2D eigenvalue weighted by Crippen LogP contribution is -2.23. The van der Waals surface area contributed by atoms with Crippen molar-refractivity contribution in [3.8, 4) is 11.4 Å². The number of nitrogens with one attached hydrogen (secondary N) is 1. The lowest BCUT2D eigenvalue weighted by Gasteiger charge is -2.15. The molecular weight excluding hydrogens is 358 g/mol. The molecule has 0 fully saturated rings. The molecule has 1 heterocycles. The van der Waals surface area contributed by atoms with Crippen molar-refractivity contribution in [1.29, 1.82) is 0 Å². The second-order valence-electron chi connectivity index (χ2n) is 6.54. The molecule has 146 valence electrons. The van der Waals surface area contributed by atoms with Crippen molar-refractivity contribution in [1.82, 2.24) is 19.8 Å². The van der Waals surface area contributed by atoms with Gasteiger partial charge >= 0.3 is 5.69 Å². The monoisotopic (exact) mass is 381 g/mol. The van der Waals surface area contributed by atoms with Crippen molar-refractivity contribution in [2.24, 2.45) is 7.05 Å². The lowest BCUT2D eigenvalue weighted by atomic mass is 10.1. The summed E-state index contributed by atoms with van der Waals surface area (Å²) in [5.74, 6) is 0.669. The van der Waals surface area contributed by atoms with Crippen LogP contribution in [0.1, 0.15) is 30.0 Å². The average molecular weight is 381 g/mol. The highest BCUT2D eigenvalue weighted by molar-refractivity contribution is 5.90. The fourth-order valence-electron chi connectivity index (χ4n) is 2.83. The zero-order valence-electron chi connectivity index (χ0n) is 16.4. The summed E-state index contributed by atoms with van der Waals surface area (Å²) in [5.41, 5.74) is 3.80. The number of rotatable bonds is 6. The van der Waals surface area contributed by atoms with Gasteiger partial charge in [0.15, 0.2) is 0 Å². The Hall–Kier alpha value is -3.42. The van der Waals surface area contributed by atoms with Crippen molar-refractivity contribution in [2.45, 2.75) is 33.8 Å². The van der Waals surface area contributed by atoms with Crippen LogP contribution in [-0.2, 0) is 18.4 Å². The number of aryl methyl sites for hydroxylation is 3. The molecule has 0 aliphatic carbocycles. The number of hydrogen-bond acceptors (Lipinski definition) is 5. The molecule has 8 nitrogen and oxygen atoms in total. The van der Waals surface area contributed by atoms with Gasteiger partial charge in [0, 0.05) is 24.7 Å². The van der Waals surface area contributed by atoms with Crippen molar-refractivity contribution >= 4 is 11.6 Å². The summed E-state index contributed by atoms with van der Waals surface area (Å²) in [7, 11) is 1.56. The number of amides is 1. The highest BCUT2D eigenvalue weighted by Crippen LogP contribution is 2.25. The third-order valence-electron chi connectivity index (χ3n) is 4.49. The van der Waals surface area contributed by atoms with Crippen LogP contribution in [-0.4, -0.2) is 25.7 Å². The molecule has 0 saturated carbocycles. The van der Waals surface area contributed by atoms with E-state index in [0.29, 0.717) is 17.9 Å². The molecule has 1 aromatic heterocycles. The van der Waals surface area contributed by atoms with E-state index in [1.54, 1.807) is 7.05 Å². The number of tetrazole rings is 1. The Bertz CT molecular complexity index is 1070. The van der Waals surface area contributed by atoms with Crippen LogP contribution < -0.4 is 15.7 Å². The smallest absolute Gasteiger partial charge is 0.368 e. The number of hydrogen-bond donors (Lipinski definition) is 1. The van der Waals surface area contributed by atoms with Gasteiger partial charge in [0.2, 0.25) is 5.91 Å². The highest BCUT2D eigenvalue weighted by atomic mass is 16.5. The van der Waals surface area contributed by atoms with E-state index in [-0.39, 0.29) is 18.2 Å². The summed E-state index contributed by atoms with van der Waals surface area (Å²) >= 11 is 0. The standard InChI is InChI=1S/C20H23N5O3/c1-5-19(26)21-15-9-10-18(14(3)11-15)28-12-16-13(2)7-6-8-17(16)25-20(27)24(4)22-23-25/h6-11H,5,12H2,1-4H3,(H,21,26). The number of carbonyl (C=O) groups is 1. The molecule has 0 radical (unpaired) electrons. The Morgan fingerprint density at radius 1 is 1.14 bits per heavy atom. The fraction of sp³-hybridized carbons (Fsp3) is 0.300. The largest absolute Gasteiger partial charge is 0.489 e. The summed E-state index contributed by atoms with van der Waals surface area (Å²) in [5, 5.41) is 10.5. The number of carbonyl (C=O) groups excluding carboxylic acids is 1. The summed E-state index contributed by atoms with van der Waals surface area (Å²) in [6.45, 7) is 5.96. The van der Waals surface area contributed by atoms with E-state index in [1.165, 1.54) is 9.36 Å². The summed E-state index contributed by atoms with van der Waals surface area (Å²) in [6.07, 6.45) is 0.426. The van der Waals surface area contributed by atoms with Gasteiger partial charge in [-0.25, -0.2) is 4.79 Å². The number of nitrogens with zero attached hydrogens (tertiary/aromatic N) is 4. The first kappa shape index (κ1) is 19.3. The maximum absolute atomic E-state index is 12.2. The van der Waals surface area contributed by atoms with Crippen LogP contribution in [0, 0.1) is 13.8 Å². The van der Waals surface area contributed by atoms with E-state index >= 15 is 0 Å². The van der Waals surface area contributed by atoms with Gasteiger partial charge in [-0.3, -0.25) is 4.79 Å². The van der Waals surface area contributed by atoms with E-state index < -0.39 is 0 Å². The minimum atomic E-state index is -0.320. The normalized spacial score (nSPS) is 10.7. The van der Waals surface area contributed by atoms with Gasteiger partial charge in [0.05, 0.1) is 5.69 Å². The van der Waals surface area contributed by atoms with Gasteiger partial charge in [-0.1, -0.05) is 19.1 Å². The van der Waals surface area contributed by atoms with Crippen LogP contribution in [0.15, 0.2) is 41.2 Å². The average Bonchev–Trinajstić information content (AvgIpc) is 3.00. The Kier molecular flexibility index (Phi) is 5.58. The molecule has 28 heavy (non-hydrogen) atoms. The SMILES string of the molecule is CCC(=O)Nc1ccc(OCc2c(C)cccc2-n2nnn(C)c2=O)c(C)c1. The van der Waals surface area contributed by atoms with Gasteiger partial charge in [-0.05, 0) is 59.7 Å². The molecule has 2 aromatic carbocycles. The summed E-state index contributed by atoms with van der Waals surface area (Å²) in [6, 6.07) is 11.1. The van der Waals surface area contributed by atoms with Crippen molar-refractivity contribution in [3.05, 3.63) is 63.6 Å². The number of anilines is 1. The first-order valence-corrected chi connectivity index (χ1v) is 9.02. The number of benzene rings is 2. The van der Waals surface area contributed by atoms with Gasteiger partial charge in [-0.2, -0.15) is 9.36 Å². The van der Waals surface area contributed by atoms with E-state index in [2.05, 4.69) is 15.7 Å². The third-order valence-corrected chi connectivity index (χ3v) is 4.49. The van der Waals surface area contributed by atoms with Crippen molar-refractivity contribution in [3.63, 3.8) is 0 Å². The zero-order valence-corrected chi connectivity index (χ0v) is 16.4. The fourth-order valence-corrected chi connectivity index (χ4v) is 2.83. The van der Waals surface area contributed by atoms with Crippen LogP contribution in [0.3, 0.4) is 0 Å². The highest BCUT2D eigenvalue weighted by Gasteiger charge is 2.14. The van der Waals surface area contributed by atoms with Crippen LogP contribution >= 0.6 is 0 Å². The predicted octanol–water partition coefficient (Wildman–Crippen LogP) is 2.51. The molecule has 0 aliphatic heterocycles. The second kappa shape index (κ2) is 8.08. The van der Waals surface area contributed by atoms with E-state index in [0.717, 1.165) is 22.4 Å². The molecule has 1 N–H and O–H groups in total. The predicted molar refractivity (Wildman–Crippen MR) is 106 cm³/mol. The maximum Gasteiger partial charge on any atom is 0.368 e. The van der Waals surface area contributed by atoms with Crippen molar-refractivity contribution < 1.29 is 9.53 Å². The van der Waals surface area contributed by atoms with Crippen LogP contribution in [0.5, 0.6) is 5.75 Å². The minimum absolute atomic E-state index is 0.0352. The van der Waals surface area contributed by atoms with E-state index in [4.69, 9.17) is 4.74 Å². The van der Waals surface area contributed by atoms with Gasteiger partial charge in [-0.15, -0.1) is 0 Å². The van der Waals surface area contributed by atoms with Crippen molar-refractivity contribution in [2.75, 3.05) is 5.32 Å². The molecule has 3 rings (SSSR count). The Morgan fingerprint density at radius 2 is 1.93 bits per heavy atom. The Morgan fingerprint density at radius 3 is 2.57 bits per heavy atom. The first-order chi connectivity index (χ1) is 13.4. The van der Waals surface area contributed by atoms with Gasteiger partial charge in [0.1, 0.15) is 12.4 Å².